The number of hydrogen-bond acceptors (Lipinski definition) is 2. The molecule has 0 unspecified atom stereocenters. The van der Waals surface area contributed by atoms with E-state index in [0.29, 0.717) is 0 Å². The van der Waals surface area contributed by atoms with Gasteiger partial charge >= 0.3 is 101 Å². The van der Waals surface area contributed by atoms with Crippen molar-refractivity contribution < 1.29 is 30.0 Å². The molecule has 0 amide bonds. The summed E-state index contributed by atoms with van der Waals surface area (Å²) < 4.78 is 0. The minimum absolute atomic E-state index is 0. The summed E-state index contributed by atoms with van der Waals surface area (Å²) in [7, 11) is 0. The molecule has 11 heavy (non-hydrogen) atoms. The molecule has 0 saturated carbocycles. The van der Waals surface area contributed by atoms with Crippen molar-refractivity contribution >= 4 is 101 Å². The second kappa shape index (κ2) is 22.5. The Labute approximate surface area is 129 Å². The molecule has 0 aliphatic carbocycles. The average Bonchev–Trinajstić information content (AvgIpc) is 1.25. The van der Waals surface area contributed by atoms with Gasteiger partial charge in [0.25, 0.3) is 0 Å². The van der Waals surface area contributed by atoms with Crippen LogP contribution in [0.2, 0.25) is 0 Å². The molecule has 0 aliphatic rings. The van der Waals surface area contributed by atoms with E-state index in [9.17, 15) is 0 Å². The van der Waals surface area contributed by atoms with Crippen molar-refractivity contribution in [3.63, 3.8) is 0 Å². The molecular formula is C2H7KLi2O6. The van der Waals surface area contributed by atoms with Gasteiger partial charge in [-0.1, -0.05) is 0 Å². The van der Waals surface area contributed by atoms with E-state index >= 15 is 0 Å². The summed E-state index contributed by atoms with van der Waals surface area (Å²) in [6, 6.07) is 0. The molecule has 9 heteroatoms. The van der Waals surface area contributed by atoms with E-state index in [4.69, 9.17) is 30.0 Å². The SMILES string of the molecule is O=C(O)O.O=C(O)O.[KH].[LiH].[LiH]. The van der Waals surface area contributed by atoms with E-state index < -0.39 is 12.3 Å². The molecule has 0 aliphatic heterocycles. The molecule has 6 nitrogen and oxygen atoms in total. The van der Waals surface area contributed by atoms with Crippen molar-refractivity contribution in [3.05, 3.63) is 0 Å². The second-order valence-corrected chi connectivity index (χ2v) is 0.565. The van der Waals surface area contributed by atoms with Crippen molar-refractivity contribution in [3.8, 4) is 0 Å². The molecule has 0 aromatic carbocycles. The van der Waals surface area contributed by atoms with Gasteiger partial charge in [-0.15, -0.1) is 0 Å². The fourth-order valence-electron chi connectivity index (χ4n) is 0. The Balaban J connectivity index is -0.0000000171. The van der Waals surface area contributed by atoms with Crippen LogP contribution in [0.5, 0.6) is 0 Å². The van der Waals surface area contributed by atoms with Gasteiger partial charge < -0.3 is 20.4 Å². The van der Waals surface area contributed by atoms with Gasteiger partial charge in [0.1, 0.15) is 0 Å². The zero-order chi connectivity index (χ0) is 7.15. The molecule has 0 aromatic heterocycles. The predicted octanol–water partition coefficient (Wildman–Crippen LogP) is -1.50. The zero-order valence-electron chi connectivity index (χ0n) is 3.61. The maximum absolute atomic E-state index is 8.56. The first-order valence-electron chi connectivity index (χ1n) is 1.30. The number of carbonyl (C=O) groups is 2. The van der Waals surface area contributed by atoms with Crippen molar-refractivity contribution in [2.45, 2.75) is 0 Å². The fourth-order valence-corrected chi connectivity index (χ4v) is 0. The first kappa shape index (κ1) is 29.4. The van der Waals surface area contributed by atoms with Gasteiger partial charge in [-0.3, -0.25) is 0 Å². The van der Waals surface area contributed by atoms with Gasteiger partial charge in [0.05, 0.1) is 0 Å². The summed E-state index contributed by atoms with van der Waals surface area (Å²) >= 11 is 0. The topological polar surface area (TPSA) is 115 Å². The standard InChI is InChI=1S/2CH2O3.K.2Li.3H/c2*2-1(3)4;;;;;;/h2*(H2,2,3,4);;;;;;. The first-order chi connectivity index (χ1) is 3.46. The molecular weight excluding hydrogens is 173 g/mol. The van der Waals surface area contributed by atoms with E-state index in [2.05, 4.69) is 0 Å². The van der Waals surface area contributed by atoms with Crippen LogP contribution in [0, 0.1) is 0 Å². The summed E-state index contributed by atoms with van der Waals surface area (Å²) in [5.41, 5.74) is 0. The molecule has 0 rings (SSSR count). The Bertz CT molecular complexity index is 76.6. The van der Waals surface area contributed by atoms with Gasteiger partial charge in [-0.05, 0) is 0 Å². The molecule has 0 heterocycles. The maximum atomic E-state index is 8.56. The van der Waals surface area contributed by atoms with Crippen molar-refractivity contribution in [1.29, 1.82) is 0 Å². The molecule has 0 aromatic rings. The summed E-state index contributed by atoms with van der Waals surface area (Å²) in [5, 5.41) is 27.9. The van der Waals surface area contributed by atoms with Crippen molar-refractivity contribution in [1.82, 2.24) is 0 Å². The van der Waals surface area contributed by atoms with Gasteiger partial charge in [-0.25, -0.2) is 9.59 Å². The Hall–Kier alpha value is 1.37. The fraction of sp³-hybridized carbons (Fsp3) is 0. The molecule has 0 saturated heterocycles. The van der Waals surface area contributed by atoms with Crippen LogP contribution >= 0.6 is 0 Å². The Morgan fingerprint density at radius 3 is 0.727 bits per heavy atom. The Kier molecular flexibility index (Phi) is 60.2. The molecule has 0 spiro atoms. The Morgan fingerprint density at radius 2 is 0.727 bits per heavy atom. The summed E-state index contributed by atoms with van der Waals surface area (Å²) in [5.74, 6) is 0. The van der Waals surface area contributed by atoms with Crippen LogP contribution in [0.3, 0.4) is 0 Å². The van der Waals surface area contributed by atoms with Crippen molar-refractivity contribution in [2.75, 3.05) is 0 Å². The van der Waals surface area contributed by atoms with Crippen LogP contribution in [-0.2, 0) is 0 Å². The van der Waals surface area contributed by atoms with Crippen LogP contribution in [0.1, 0.15) is 0 Å². The predicted molar refractivity (Wildman–Crippen MR) is 42.8 cm³/mol. The number of hydrogen-bond donors (Lipinski definition) is 4. The third-order valence-electron chi connectivity index (χ3n) is 0. The summed E-state index contributed by atoms with van der Waals surface area (Å²) in [4.78, 5) is 17.1. The zero-order valence-corrected chi connectivity index (χ0v) is 3.61. The molecule has 0 atom stereocenters. The third-order valence-corrected chi connectivity index (χ3v) is 0. The van der Waals surface area contributed by atoms with Gasteiger partial charge in [0.15, 0.2) is 0 Å². The normalized spacial score (nSPS) is 4.36. The van der Waals surface area contributed by atoms with Crippen LogP contribution < -0.4 is 0 Å². The molecule has 0 bridgehead atoms. The number of carboxylic acid groups (broad SMARTS) is 4. The van der Waals surface area contributed by atoms with Crippen molar-refractivity contribution in [2.24, 2.45) is 0 Å². The first-order valence-corrected chi connectivity index (χ1v) is 1.30. The monoisotopic (exact) mass is 180 g/mol. The van der Waals surface area contributed by atoms with Crippen LogP contribution in [0.15, 0.2) is 0 Å². The van der Waals surface area contributed by atoms with Crippen LogP contribution in [-0.4, -0.2) is 122 Å². The molecule has 4 N–H and O–H groups in total. The van der Waals surface area contributed by atoms with Gasteiger partial charge in [0, 0.05) is 0 Å². The number of rotatable bonds is 0. The van der Waals surface area contributed by atoms with E-state index in [-0.39, 0.29) is 89.1 Å². The van der Waals surface area contributed by atoms with E-state index in [1.165, 1.54) is 0 Å². The van der Waals surface area contributed by atoms with E-state index in [0.717, 1.165) is 0 Å². The average molecular weight is 180 g/mol. The summed E-state index contributed by atoms with van der Waals surface area (Å²) in [6.45, 7) is 0. The second-order valence-electron chi connectivity index (χ2n) is 0.565. The quantitative estimate of drug-likeness (QED) is 0.337. The van der Waals surface area contributed by atoms with E-state index in [1.54, 1.807) is 0 Å². The third kappa shape index (κ3) is 531. The van der Waals surface area contributed by atoms with Gasteiger partial charge in [0.2, 0.25) is 0 Å². The minimum atomic E-state index is -1.83. The molecule has 54 valence electrons. The molecule has 0 radical (unpaired) electrons. The van der Waals surface area contributed by atoms with Gasteiger partial charge in [-0.2, -0.15) is 0 Å². The van der Waals surface area contributed by atoms with Crippen LogP contribution in [0.25, 0.3) is 0 Å². The van der Waals surface area contributed by atoms with E-state index in [1.807, 2.05) is 0 Å². The van der Waals surface area contributed by atoms with Crippen LogP contribution in [0.4, 0.5) is 9.59 Å². The summed E-state index contributed by atoms with van der Waals surface area (Å²) in [6.07, 6.45) is -3.67. The Morgan fingerprint density at radius 1 is 0.727 bits per heavy atom. The molecule has 0 fully saturated rings.